The lowest BCUT2D eigenvalue weighted by atomic mass is 10.1. The number of nitrogens with one attached hydrogen (secondary N) is 2. The van der Waals surface area contributed by atoms with E-state index in [1.165, 1.54) is 12.1 Å². The van der Waals surface area contributed by atoms with Gasteiger partial charge in [0.15, 0.2) is 6.61 Å². The van der Waals surface area contributed by atoms with Crippen LogP contribution in [0.15, 0.2) is 71.6 Å². The van der Waals surface area contributed by atoms with E-state index in [1.807, 2.05) is 12.1 Å². The molecular formula is C25H23N3O5S. The lowest BCUT2D eigenvalue weighted by Gasteiger charge is -2.14. The minimum Gasteiger partial charge on any atom is -0.452 e. The Bertz CT molecular complexity index is 1360. The lowest BCUT2D eigenvalue weighted by molar-refractivity contribution is -0.119. The van der Waals surface area contributed by atoms with E-state index >= 15 is 0 Å². The normalized spacial score (nSPS) is 10.7. The Morgan fingerprint density at radius 2 is 1.71 bits per heavy atom. The zero-order valence-corrected chi connectivity index (χ0v) is 19.5. The molecule has 0 bridgehead atoms. The van der Waals surface area contributed by atoms with Crippen molar-refractivity contribution >= 4 is 33.3 Å². The van der Waals surface area contributed by atoms with Gasteiger partial charge in [-0.05, 0) is 60.9 Å². The molecule has 3 rings (SSSR count). The van der Waals surface area contributed by atoms with Crippen LogP contribution in [0.4, 0.5) is 11.4 Å². The van der Waals surface area contributed by atoms with Crippen molar-refractivity contribution in [1.29, 1.82) is 5.26 Å². The Hall–Kier alpha value is -4.16. The van der Waals surface area contributed by atoms with Gasteiger partial charge in [-0.2, -0.15) is 5.26 Å². The number of rotatable bonds is 8. The number of nitriles is 1. The largest absolute Gasteiger partial charge is 0.452 e. The van der Waals surface area contributed by atoms with Crippen LogP contribution in [-0.4, -0.2) is 26.9 Å². The molecule has 34 heavy (non-hydrogen) atoms. The van der Waals surface area contributed by atoms with Gasteiger partial charge in [-0.25, -0.2) is 13.2 Å². The molecule has 0 aliphatic rings. The first-order valence-electron chi connectivity index (χ1n) is 10.3. The number of nitrogens with zero attached hydrogens (tertiary/aromatic N) is 1. The number of carbonyl (C=O) groups excluding carboxylic acids is 2. The molecule has 0 unspecified atom stereocenters. The van der Waals surface area contributed by atoms with Crippen LogP contribution in [-0.2, 0) is 26.0 Å². The molecule has 0 aliphatic carbocycles. The summed E-state index contributed by atoms with van der Waals surface area (Å²) in [6, 6.07) is 19.8. The average molecular weight is 478 g/mol. The number of sulfonamides is 1. The van der Waals surface area contributed by atoms with Crippen LogP contribution in [0.3, 0.4) is 0 Å². The molecule has 0 radical (unpaired) electrons. The lowest BCUT2D eigenvalue weighted by Crippen LogP contribution is -2.22. The van der Waals surface area contributed by atoms with Gasteiger partial charge in [0.25, 0.3) is 15.9 Å². The van der Waals surface area contributed by atoms with E-state index in [2.05, 4.69) is 10.0 Å². The van der Waals surface area contributed by atoms with E-state index in [0.717, 1.165) is 11.1 Å². The predicted octanol–water partition coefficient (Wildman–Crippen LogP) is 3.97. The van der Waals surface area contributed by atoms with Crippen LogP contribution >= 0.6 is 0 Å². The number of carbonyl (C=O) groups is 2. The molecule has 0 saturated carbocycles. The minimum absolute atomic E-state index is 0.0231. The highest BCUT2D eigenvalue weighted by atomic mass is 32.2. The van der Waals surface area contributed by atoms with Crippen molar-refractivity contribution in [1.82, 2.24) is 0 Å². The van der Waals surface area contributed by atoms with E-state index in [4.69, 9.17) is 10.00 Å². The fourth-order valence-corrected chi connectivity index (χ4v) is 4.56. The van der Waals surface area contributed by atoms with Crippen LogP contribution in [0.1, 0.15) is 27.0 Å². The molecule has 0 atom stereocenters. The molecular weight excluding hydrogens is 454 g/mol. The van der Waals surface area contributed by atoms with Crippen molar-refractivity contribution in [3.05, 3.63) is 89.0 Å². The minimum atomic E-state index is -3.96. The Balaban J connectivity index is 1.68. The third-order valence-electron chi connectivity index (χ3n) is 4.88. The molecule has 8 nitrogen and oxygen atoms in total. The molecule has 3 aromatic rings. The number of esters is 1. The molecule has 0 aromatic heterocycles. The zero-order valence-electron chi connectivity index (χ0n) is 18.7. The topological polar surface area (TPSA) is 125 Å². The zero-order chi connectivity index (χ0) is 24.7. The van der Waals surface area contributed by atoms with Gasteiger partial charge in [0.1, 0.15) is 0 Å². The monoisotopic (exact) mass is 477 g/mol. The summed E-state index contributed by atoms with van der Waals surface area (Å²) in [5, 5.41) is 11.3. The summed E-state index contributed by atoms with van der Waals surface area (Å²) in [6.45, 7) is 2.91. The van der Waals surface area contributed by atoms with Crippen LogP contribution in [0.2, 0.25) is 0 Å². The molecule has 174 valence electrons. The Kier molecular flexibility index (Phi) is 7.66. The fourth-order valence-electron chi connectivity index (χ4n) is 3.15. The summed E-state index contributed by atoms with van der Waals surface area (Å²) in [5.74, 6) is -1.41. The SMILES string of the molecule is Cc1ccc(C)c(S(=O)(=O)Nc2ccccc2C(=O)OCC(=O)Nc2ccc(CC#N)cc2)c1. The van der Waals surface area contributed by atoms with Gasteiger partial charge in [-0.1, -0.05) is 36.4 Å². The standard InChI is InChI=1S/C25H23N3O5S/c1-17-7-8-18(2)23(15-17)34(31,32)28-22-6-4-3-5-21(22)25(30)33-16-24(29)27-20-11-9-19(10-12-20)13-14-26/h3-12,15,28H,13,16H2,1-2H3,(H,27,29). The van der Waals surface area contributed by atoms with Crippen molar-refractivity contribution < 1.29 is 22.7 Å². The summed E-state index contributed by atoms with van der Waals surface area (Å²) < 4.78 is 33.4. The first-order chi connectivity index (χ1) is 16.2. The van der Waals surface area contributed by atoms with E-state index in [1.54, 1.807) is 62.4 Å². The average Bonchev–Trinajstić information content (AvgIpc) is 2.80. The van der Waals surface area contributed by atoms with Gasteiger partial charge >= 0.3 is 5.97 Å². The maximum atomic E-state index is 12.9. The van der Waals surface area contributed by atoms with Gasteiger partial charge in [0.2, 0.25) is 0 Å². The van der Waals surface area contributed by atoms with Gasteiger partial charge in [0.05, 0.1) is 28.6 Å². The van der Waals surface area contributed by atoms with Crippen LogP contribution in [0, 0.1) is 25.2 Å². The van der Waals surface area contributed by atoms with Gasteiger partial charge in [0, 0.05) is 5.69 Å². The van der Waals surface area contributed by atoms with Crippen LogP contribution in [0.25, 0.3) is 0 Å². The van der Waals surface area contributed by atoms with Crippen molar-refractivity contribution in [2.75, 3.05) is 16.6 Å². The molecule has 0 heterocycles. The maximum Gasteiger partial charge on any atom is 0.340 e. The Morgan fingerprint density at radius 3 is 2.41 bits per heavy atom. The van der Waals surface area contributed by atoms with Crippen molar-refractivity contribution in [2.45, 2.75) is 25.2 Å². The number of hydrogen-bond acceptors (Lipinski definition) is 6. The quantitative estimate of drug-likeness (QED) is 0.473. The summed E-state index contributed by atoms with van der Waals surface area (Å²) in [4.78, 5) is 24.9. The van der Waals surface area contributed by atoms with Crippen molar-refractivity contribution in [3.8, 4) is 6.07 Å². The molecule has 0 spiro atoms. The van der Waals surface area contributed by atoms with Crippen molar-refractivity contribution in [2.24, 2.45) is 0 Å². The number of amides is 1. The van der Waals surface area contributed by atoms with Gasteiger partial charge in [-0.15, -0.1) is 0 Å². The third kappa shape index (κ3) is 6.21. The fraction of sp³-hybridized carbons (Fsp3) is 0.160. The number of aryl methyl sites for hydroxylation is 2. The van der Waals surface area contributed by atoms with Gasteiger partial charge in [-0.3, -0.25) is 9.52 Å². The summed E-state index contributed by atoms with van der Waals surface area (Å²) in [5.41, 5.74) is 2.67. The Morgan fingerprint density at radius 1 is 1.00 bits per heavy atom. The second-order valence-electron chi connectivity index (χ2n) is 7.58. The molecule has 0 saturated heterocycles. The van der Waals surface area contributed by atoms with Crippen molar-refractivity contribution in [3.63, 3.8) is 0 Å². The number of benzene rings is 3. The molecule has 9 heteroatoms. The first-order valence-corrected chi connectivity index (χ1v) is 11.8. The van der Waals surface area contributed by atoms with E-state index < -0.39 is 28.5 Å². The van der Waals surface area contributed by atoms with E-state index in [9.17, 15) is 18.0 Å². The Labute approximate surface area is 198 Å². The molecule has 0 aliphatic heterocycles. The smallest absolute Gasteiger partial charge is 0.340 e. The summed E-state index contributed by atoms with van der Waals surface area (Å²) >= 11 is 0. The second kappa shape index (κ2) is 10.6. The molecule has 2 N–H and O–H groups in total. The predicted molar refractivity (Wildman–Crippen MR) is 128 cm³/mol. The van der Waals surface area contributed by atoms with Crippen LogP contribution < -0.4 is 10.0 Å². The highest BCUT2D eigenvalue weighted by Crippen LogP contribution is 2.23. The second-order valence-corrected chi connectivity index (χ2v) is 9.23. The third-order valence-corrected chi connectivity index (χ3v) is 6.39. The number of para-hydroxylation sites is 1. The number of anilines is 2. The summed E-state index contributed by atoms with van der Waals surface area (Å²) in [6.07, 6.45) is 0.262. The number of ether oxygens (including phenoxy) is 1. The van der Waals surface area contributed by atoms with E-state index in [0.29, 0.717) is 11.3 Å². The number of hydrogen-bond donors (Lipinski definition) is 2. The van der Waals surface area contributed by atoms with Gasteiger partial charge < -0.3 is 10.1 Å². The molecule has 3 aromatic carbocycles. The highest BCUT2D eigenvalue weighted by Gasteiger charge is 2.21. The molecule has 0 fully saturated rings. The summed E-state index contributed by atoms with van der Waals surface area (Å²) in [7, 11) is -3.96. The van der Waals surface area contributed by atoms with E-state index in [-0.39, 0.29) is 22.6 Å². The highest BCUT2D eigenvalue weighted by molar-refractivity contribution is 7.92. The molecule has 1 amide bonds. The first kappa shape index (κ1) is 24.5. The van der Waals surface area contributed by atoms with Crippen LogP contribution in [0.5, 0.6) is 0 Å². The maximum absolute atomic E-state index is 12.9.